The van der Waals surface area contributed by atoms with Gasteiger partial charge in [0, 0.05) is 27.4 Å². The first-order valence-corrected chi connectivity index (χ1v) is 4.97. The molecule has 5 heteroatoms. The van der Waals surface area contributed by atoms with Crippen LogP contribution in [0.4, 0.5) is 0 Å². The third-order valence-electron chi connectivity index (χ3n) is 1.49. The van der Waals surface area contributed by atoms with Crippen LogP contribution < -0.4 is 10.2 Å². The third kappa shape index (κ3) is 31.3. The molecule has 15 heavy (non-hydrogen) atoms. The van der Waals surface area contributed by atoms with Crippen molar-refractivity contribution in [2.24, 2.45) is 0 Å². The first kappa shape index (κ1) is 21.0. The molecule has 0 atom stereocenters. The summed E-state index contributed by atoms with van der Waals surface area (Å²) in [7, 11) is 3.29. The molecule has 0 spiro atoms. The predicted molar refractivity (Wildman–Crippen MR) is 57.7 cm³/mol. The maximum absolute atomic E-state index is 9.75. The van der Waals surface area contributed by atoms with Gasteiger partial charge in [0.2, 0.25) is 0 Å². The van der Waals surface area contributed by atoms with Crippen molar-refractivity contribution in [1.82, 2.24) is 0 Å². The number of hydrogen-bond acceptors (Lipinski definition) is 4. The molecule has 0 saturated carbocycles. The van der Waals surface area contributed by atoms with Crippen LogP contribution in [0.2, 0.25) is 0 Å². The molecular formula is C10H22MgO4. The summed E-state index contributed by atoms with van der Waals surface area (Å²) in [6, 6.07) is 0. The van der Waals surface area contributed by atoms with Gasteiger partial charge in [0.05, 0.1) is 0 Å². The Kier molecular flexibility index (Phi) is 33.6. The van der Waals surface area contributed by atoms with Crippen LogP contribution in [0.1, 0.15) is 25.7 Å². The number of unbranched alkanes of at least 4 members (excludes halogenated alkanes) is 2. The summed E-state index contributed by atoms with van der Waals surface area (Å²) in [5.41, 5.74) is 0. The summed E-state index contributed by atoms with van der Waals surface area (Å²) in [6.07, 6.45) is 3.29. The Bertz CT molecular complexity index is 65.8. The van der Waals surface area contributed by atoms with Gasteiger partial charge in [-0.25, -0.2) is 0 Å². The van der Waals surface area contributed by atoms with Crippen LogP contribution >= 0.6 is 0 Å². The average molecular weight is 231 g/mol. The largest absolute Gasteiger partial charge is 2.00 e. The monoisotopic (exact) mass is 230 g/mol. The van der Waals surface area contributed by atoms with Gasteiger partial charge in [-0.1, -0.05) is 12.8 Å². The fourth-order valence-corrected chi connectivity index (χ4v) is 0.697. The van der Waals surface area contributed by atoms with E-state index in [0.717, 1.165) is 38.9 Å². The molecule has 0 radical (unpaired) electrons. The van der Waals surface area contributed by atoms with Crippen molar-refractivity contribution in [3.05, 3.63) is 0 Å². The second-order valence-corrected chi connectivity index (χ2v) is 2.81. The molecule has 0 rings (SSSR count). The van der Waals surface area contributed by atoms with Crippen LogP contribution in [-0.4, -0.2) is 63.7 Å². The standard InChI is InChI=1S/2C5H11O2.Mg/c2*1-7-5-3-2-4-6;/h2*2-5H2,1H3;/q2*-1;+2. The van der Waals surface area contributed by atoms with Crippen LogP contribution in [0.5, 0.6) is 0 Å². The number of hydrogen-bond donors (Lipinski definition) is 0. The topological polar surface area (TPSA) is 64.6 Å². The zero-order valence-corrected chi connectivity index (χ0v) is 11.4. The van der Waals surface area contributed by atoms with Crippen LogP contribution in [0.15, 0.2) is 0 Å². The molecule has 88 valence electrons. The molecule has 4 nitrogen and oxygen atoms in total. The zero-order chi connectivity index (χ0) is 11.1. The van der Waals surface area contributed by atoms with Crippen LogP contribution in [0, 0.1) is 0 Å². The molecule has 0 unspecified atom stereocenters. The van der Waals surface area contributed by atoms with E-state index in [1.165, 1.54) is 0 Å². The van der Waals surface area contributed by atoms with E-state index in [1.807, 2.05) is 0 Å². The molecule has 0 bridgehead atoms. The van der Waals surface area contributed by atoms with Crippen LogP contribution in [0.3, 0.4) is 0 Å². The molecule has 0 fully saturated rings. The molecule has 0 aromatic rings. The molecule has 0 N–H and O–H groups in total. The third-order valence-corrected chi connectivity index (χ3v) is 1.49. The van der Waals surface area contributed by atoms with Gasteiger partial charge >= 0.3 is 23.1 Å². The Morgan fingerprint density at radius 2 is 1.07 bits per heavy atom. The van der Waals surface area contributed by atoms with Crippen molar-refractivity contribution in [1.29, 1.82) is 0 Å². The second-order valence-electron chi connectivity index (χ2n) is 2.81. The van der Waals surface area contributed by atoms with Crippen LogP contribution in [0.25, 0.3) is 0 Å². The van der Waals surface area contributed by atoms with Crippen molar-refractivity contribution in [3.8, 4) is 0 Å². The minimum atomic E-state index is 0. The van der Waals surface area contributed by atoms with Crippen molar-refractivity contribution in [2.45, 2.75) is 25.7 Å². The smallest absolute Gasteiger partial charge is 0.854 e. The van der Waals surface area contributed by atoms with Crippen molar-refractivity contribution in [3.63, 3.8) is 0 Å². The summed E-state index contributed by atoms with van der Waals surface area (Å²) < 4.78 is 9.41. The number of methoxy groups -OCH3 is 2. The van der Waals surface area contributed by atoms with E-state index in [-0.39, 0.29) is 36.3 Å². The zero-order valence-electron chi connectivity index (χ0n) is 10.00. The van der Waals surface area contributed by atoms with Crippen molar-refractivity contribution < 1.29 is 19.7 Å². The van der Waals surface area contributed by atoms with E-state index in [2.05, 4.69) is 0 Å². The molecule has 0 aliphatic carbocycles. The summed E-state index contributed by atoms with van der Waals surface area (Å²) >= 11 is 0. The minimum absolute atomic E-state index is 0. The Balaban J connectivity index is -0.000000180. The Morgan fingerprint density at radius 3 is 1.27 bits per heavy atom. The molecule has 0 aromatic heterocycles. The van der Waals surface area contributed by atoms with Gasteiger partial charge in [0.15, 0.2) is 0 Å². The molecule has 0 aromatic carbocycles. The van der Waals surface area contributed by atoms with Gasteiger partial charge in [0.1, 0.15) is 0 Å². The predicted octanol–water partition coefficient (Wildman–Crippen LogP) is -0.834. The SMILES string of the molecule is COCCCC[O-].COCCCC[O-].[Mg+2]. The van der Waals surface area contributed by atoms with E-state index >= 15 is 0 Å². The quantitative estimate of drug-likeness (QED) is 0.403. The van der Waals surface area contributed by atoms with Crippen LogP contribution in [-0.2, 0) is 9.47 Å². The molecule has 0 aliphatic rings. The summed E-state index contributed by atoms with van der Waals surface area (Å²) in [5, 5.41) is 19.5. The van der Waals surface area contributed by atoms with E-state index in [4.69, 9.17) is 9.47 Å². The van der Waals surface area contributed by atoms with Crippen molar-refractivity contribution in [2.75, 3.05) is 40.6 Å². The first-order valence-electron chi connectivity index (χ1n) is 4.97. The van der Waals surface area contributed by atoms with Gasteiger partial charge in [0.25, 0.3) is 0 Å². The minimum Gasteiger partial charge on any atom is -0.854 e. The van der Waals surface area contributed by atoms with Gasteiger partial charge in [-0.05, 0) is 12.8 Å². The fraction of sp³-hybridized carbons (Fsp3) is 1.00. The van der Waals surface area contributed by atoms with E-state index in [9.17, 15) is 10.2 Å². The average Bonchev–Trinajstić information content (AvgIpc) is 2.21. The van der Waals surface area contributed by atoms with E-state index in [0.29, 0.717) is 0 Å². The summed E-state index contributed by atoms with van der Waals surface area (Å²) in [6.45, 7) is 1.51. The maximum Gasteiger partial charge on any atom is 2.00 e. The van der Waals surface area contributed by atoms with Gasteiger partial charge < -0.3 is 19.7 Å². The van der Waals surface area contributed by atoms with E-state index < -0.39 is 0 Å². The summed E-state index contributed by atoms with van der Waals surface area (Å²) in [4.78, 5) is 0. The van der Waals surface area contributed by atoms with Crippen molar-refractivity contribution >= 4 is 23.1 Å². The normalized spacial score (nSPS) is 8.80. The second kappa shape index (κ2) is 24.0. The fourth-order valence-electron chi connectivity index (χ4n) is 0.697. The number of ether oxygens (including phenoxy) is 2. The van der Waals surface area contributed by atoms with Gasteiger partial charge in [-0.15, -0.1) is 13.2 Å². The summed E-state index contributed by atoms with van der Waals surface area (Å²) in [5.74, 6) is 0. The molecule has 0 aliphatic heterocycles. The van der Waals surface area contributed by atoms with E-state index in [1.54, 1.807) is 14.2 Å². The maximum atomic E-state index is 9.75. The molecule has 0 heterocycles. The molecule has 0 saturated heterocycles. The van der Waals surface area contributed by atoms with Gasteiger partial charge in [-0.2, -0.15) is 0 Å². The Labute approximate surface area is 109 Å². The number of rotatable bonds is 8. The molecular weight excluding hydrogens is 208 g/mol. The van der Waals surface area contributed by atoms with Gasteiger partial charge in [-0.3, -0.25) is 0 Å². The Hall–Kier alpha value is 0.606. The first-order chi connectivity index (χ1) is 6.83. The Morgan fingerprint density at radius 1 is 0.733 bits per heavy atom. The molecule has 0 amide bonds.